The Balaban J connectivity index is 4.94. The molecule has 0 aliphatic rings. The summed E-state index contributed by atoms with van der Waals surface area (Å²) in [6.07, 6.45) is 2.38. The van der Waals surface area contributed by atoms with Crippen LogP contribution in [0.25, 0.3) is 0 Å². The topological polar surface area (TPSA) is 97.2 Å². The summed E-state index contributed by atoms with van der Waals surface area (Å²) in [6, 6.07) is 0. The van der Waals surface area contributed by atoms with Gasteiger partial charge in [0.25, 0.3) is 0 Å². The monoisotopic (exact) mass is 645 g/mol. The fraction of sp³-hybridized carbons (Fsp3) is 1.00. The average Bonchev–Trinajstić information content (AvgIpc) is 2.96. The first kappa shape index (κ1) is 41.3. The highest BCUT2D eigenvalue weighted by Crippen LogP contribution is 1.98. The van der Waals surface area contributed by atoms with Gasteiger partial charge in [-0.15, -0.1) is 0 Å². The van der Waals surface area contributed by atoms with Crippen LogP contribution in [0, 0.1) is 0 Å². The van der Waals surface area contributed by atoms with E-state index in [1.54, 1.807) is 0 Å². The summed E-state index contributed by atoms with van der Waals surface area (Å²) in [6.45, 7) is 26.4. The second-order valence-electron chi connectivity index (χ2n) is 10.1. The van der Waals surface area contributed by atoms with E-state index in [0.717, 1.165) is 138 Å². The van der Waals surface area contributed by atoms with Gasteiger partial charge in [-0.1, -0.05) is 51.4 Å². The quantitative estimate of drug-likeness (QED) is 0.0280. The van der Waals surface area contributed by atoms with Crippen LogP contribution in [0.1, 0.15) is 26.7 Å². The zero-order valence-electron chi connectivity index (χ0n) is 25.9. The van der Waals surface area contributed by atoms with Crippen molar-refractivity contribution >= 4 is 37.6 Å². The highest BCUT2D eigenvalue weighted by Gasteiger charge is 2.14. The predicted octanol–water partition coefficient (Wildman–Crippen LogP) is -0.740. The molecule has 0 heterocycles. The van der Waals surface area contributed by atoms with Crippen LogP contribution in [0.15, 0.2) is 0 Å². The van der Waals surface area contributed by atoms with Gasteiger partial charge in [-0.05, 0) is 25.9 Å². The molecule has 0 aliphatic carbocycles. The molecule has 11 nitrogen and oxygen atoms in total. The summed E-state index contributed by atoms with van der Waals surface area (Å²) in [5.41, 5.74) is 0. The maximum Gasteiger partial charge on any atom is 0.0508 e. The van der Waals surface area contributed by atoms with Gasteiger partial charge in [-0.3, -0.25) is 35.0 Å². The fourth-order valence-corrected chi connectivity index (χ4v) is 4.92. The van der Waals surface area contributed by atoms with Gasteiger partial charge in [-0.25, -0.2) is 0 Å². The van der Waals surface area contributed by atoms with E-state index in [0.29, 0.717) is 0 Å². The zero-order valence-corrected chi connectivity index (χ0v) is 30.5. The van der Waals surface area contributed by atoms with Gasteiger partial charge in [0.15, 0.2) is 0 Å². The Hall–Kier alpha value is 1.28. The molecule has 4 unspecified atom stereocenters. The third kappa shape index (κ3) is 26.9. The minimum atomic E-state index is 0.970. The second-order valence-corrected chi connectivity index (χ2v) is 11.8. The maximum absolute atomic E-state index is 3.71. The summed E-state index contributed by atoms with van der Waals surface area (Å²) in [5, 5.41) is 23.7. The van der Waals surface area contributed by atoms with Crippen LogP contribution in [0.2, 0.25) is 0 Å². The standard InChI is InChI=1S/C25H67N11P4/c1-3-5-26-11-19-36(25-35(21-13-31-39)22-14-32-40)24-23-34(17-8-27-6-7-29-37)18-10-28-9-16-33(15-4-2)20-12-30-38/h26-32H,3-25,37-40H2,1-2H3. The Bertz CT molecular complexity index is 496. The lowest BCUT2D eigenvalue weighted by atomic mass is 10.3. The van der Waals surface area contributed by atoms with Crippen molar-refractivity contribution in [3.05, 3.63) is 0 Å². The Morgan fingerprint density at radius 2 is 0.725 bits per heavy atom. The van der Waals surface area contributed by atoms with E-state index in [9.17, 15) is 0 Å². The third-order valence-electron chi connectivity index (χ3n) is 6.68. The summed E-state index contributed by atoms with van der Waals surface area (Å²) in [7, 11) is 10.5. The van der Waals surface area contributed by atoms with Crippen molar-refractivity contribution in [2.75, 3.05) is 138 Å². The SMILES string of the molecule is CCCNCCN(CCN(CCNCCNP)CCNCCN(CCC)CCNP)CN(CCNP)CCNP. The zero-order chi connectivity index (χ0) is 29.5. The molecule has 0 aromatic heterocycles. The van der Waals surface area contributed by atoms with E-state index in [2.05, 4.69) is 107 Å². The molecule has 15 heteroatoms. The molecule has 0 aromatic rings. The first-order valence-electron chi connectivity index (χ1n) is 15.4. The van der Waals surface area contributed by atoms with E-state index >= 15 is 0 Å². The van der Waals surface area contributed by atoms with Gasteiger partial charge in [0, 0.05) is 118 Å². The lowest BCUT2D eigenvalue weighted by molar-refractivity contribution is 0.119. The third-order valence-corrected chi connectivity index (χ3v) is 7.84. The van der Waals surface area contributed by atoms with Gasteiger partial charge >= 0.3 is 0 Å². The molecule has 0 aromatic carbocycles. The summed E-state index contributed by atoms with van der Waals surface area (Å²) in [5.74, 6) is 0. The van der Waals surface area contributed by atoms with E-state index < -0.39 is 0 Å². The maximum atomic E-state index is 3.71. The smallest absolute Gasteiger partial charge is 0.0508 e. The predicted molar refractivity (Wildman–Crippen MR) is 191 cm³/mol. The Labute approximate surface area is 257 Å². The molecule has 7 N–H and O–H groups in total. The Morgan fingerprint density at radius 1 is 0.350 bits per heavy atom. The molecule has 0 fully saturated rings. The lowest BCUT2D eigenvalue weighted by Gasteiger charge is -2.33. The fourth-order valence-electron chi connectivity index (χ4n) is 4.39. The average molecular weight is 646 g/mol. The first-order chi connectivity index (χ1) is 19.6. The van der Waals surface area contributed by atoms with E-state index in [1.807, 2.05) is 0 Å². The van der Waals surface area contributed by atoms with Crippen LogP contribution < -0.4 is 36.3 Å². The number of hydrogen-bond donors (Lipinski definition) is 7. The van der Waals surface area contributed by atoms with Crippen molar-refractivity contribution in [2.24, 2.45) is 0 Å². The highest BCUT2D eigenvalue weighted by atomic mass is 31.0. The molecular formula is C25H67N11P4. The molecule has 0 saturated carbocycles. The summed E-state index contributed by atoms with van der Waals surface area (Å²) in [4.78, 5) is 10.3. The first-order valence-corrected chi connectivity index (χ1v) is 17.7. The van der Waals surface area contributed by atoms with Gasteiger partial charge in [-0.2, -0.15) is 0 Å². The van der Waals surface area contributed by atoms with Gasteiger partial charge in [0.1, 0.15) is 0 Å². The number of nitrogens with zero attached hydrogens (tertiary/aromatic N) is 4. The van der Waals surface area contributed by atoms with Crippen molar-refractivity contribution in [1.82, 2.24) is 55.9 Å². The largest absolute Gasteiger partial charge is 0.315 e. The lowest BCUT2D eigenvalue weighted by Crippen LogP contribution is -2.48. The second kappa shape index (κ2) is 33.2. The van der Waals surface area contributed by atoms with Crippen molar-refractivity contribution in [3.63, 3.8) is 0 Å². The Kier molecular flexibility index (Phi) is 34.2. The van der Waals surface area contributed by atoms with E-state index in [-0.39, 0.29) is 0 Å². The van der Waals surface area contributed by atoms with Gasteiger partial charge in [0.05, 0.1) is 6.67 Å². The summed E-state index contributed by atoms with van der Waals surface area (Å²) < 4.78 is 0. The normalized spacial score (nSPS) is 12.2. The number of hydrogen-bond acceptors (Lipinski definition) is 11. The Morgan fingerprint density at radius 3 is 1.23 bits per heavy atom. The van der Waals surface area contributed by atoms with E-state index in [1.165, 1.54) is 12.8 Å². The molecule has 0 radical (unpaired) electrons. The molecule has 0 amide bonds. The molecule has 0 aliphatic heterocycles. The molecule has 0 bridgehead atoms. The van der Waals surface area contributed by atoms with Gasteiger partial charge < -0.3 is 20.9 Å². The molecule has 0 spiro atoms. The van der Waals surface area contributed by atoms with E-state index in [4.69, 9.17) is 0 Å². The van der Waals surface area contributed by atoms with Crippen LogP contribution in [0.5, 0.6) is 0 Å². The molecule has 40 heavy (non-hydrogen) atoms. The van der Waals surface area contributed by atoms with Crippen LogP contribution in [0.4, 0.5) is 0 Å². The minimum absolute atomic E-state index is 0.970. The molecule has 0 rings (SSSR count). The molecule has 4 atom stereocenters. The van der Waals surface area contributed by atoms with Crippen molar-refractivity contribution in [1.29, 1.82) is 0 Å². The molecular weight excluding hydrogens is 578 g/mol. The van der Waals surface area contributed by atoms with Gasteiger partial charge in [0.2, 0.25) is 0 Å². The van der Waals surface area contributed by atoms with Crippen molar-refractivity contribution < 1.29 is 0 Å². The summed E-state index contributed by atoms with van der Waals surface area (Å²) >= 11 is 0. The van der Waals surface area contributed by atoms with Crippen molar-refractivity contribution in [2.45, 2.75) is 26.7 Å². The minimum Gasteiger partial charge on any atom is -0.315 e. The number of nitrogens with one attached hydrogen (secondary N) is 7. The highest BCUT2D eigenvalue weighted by molar-refractivity contribution is 7.14. The molecule has 0 saturated heterocycles. The van der Waals surface area contributed by atoms with Crippen LogP contribution in [0.3, 0.4) is 0 Å². The van der Waals surface area contributed by atoms with Crippen LogP contribution in [-0.4, -0.2) is 157 Å². The number of rotatable bonds is 33. The van der Waals surface area contributed by atoms with Crippen LogP contribution >= 0.6 is 37.6 Å². The van der Waals surface area contributed by atoms with Crippen molar-refractivity contribution in [3.8, 4) is 0 Å². The molecule has 242 valence electrons. The van der Waals surface area contributed by atoms with Crippen LogP contribution in [-0.2, 0) is 0 Å².